The smallest absolute Gasteiger partial charge is 0.259 e. The van der Waals surface area contributed by atoms with E-state index in [1.54, 1.807) is 23.1 Å². The molecule has 0 fully saturated rings. The van der Waals surface area contributed by atoms with Crippen LogP contribution in [-0.2, 0) is 18.6 Å². The van der Waals surface area contributed by atoms with Crippen LogP contribution in [0.15, 0.2) is 40.0 Å². The van der Waals surface area contributed by atoms with Gasteiger partial charge < -0.3 is 4.98 Å². The van der Waals surface area contributed by atoms with E-state index in [1.165, 1.54) is 21.8 Å². The highest BCUT2D eigenvalue weighted by molar-refractivity contribution is 7.98. The molecule has 0 bridgehead atoms. The highest BCUT2D eigenvalue weighted by atomic mass is 32.2. The predicted octanol–water partition coefficient (Wildman–Crippen LogP) is 4.40. The molecule has 0 saturated heterocycles. The van der Waals surface area contributed by atoms with Gasteiger partial charge in [0.2, 0.25) is 0 Å². The van der Waals surface area contributed by atoms with Gasteiger partial charge in [-0.2, -0.15) is 0 Å². The number of nitrogens with one attached hydrogen (secondary N) is 1. The molecule has 23 heavy (non-hydrogen) atoms. The Morgan fingerprint density at radius 3 is 3.00 bits per heavy atom. The SMILES string of the molecule is C[C@H]1CCc2c(sc3nc(CSc4ccccc4)[nH]c(=O)c23)C1. The van der Waals surface area contributed by atoms with E-state index in [2.05, 4.69) is 24.0 Å². The van der Waals surface area contributed by atoms with Crippen molar-refractivity contribution in [3.63, 3.8) is 0 Å². The minimum Gasteiger partial charge on any atom is -0.309 e. The molecule has 4 rings (SSSR count). The van der Waals surface area contributed by atoms with Gasteiger partial charge in [0.1, 0.15) is 10.7 Å². The van der Waals surface area contributed by atoms with E-state index < -0.39 is 0 Å². The summed E-state index contributed by atoms with van der Waals surface area (Å²) in [6.07, 6.45) is 3.27. The predicted molar refractivity (Wildman–Crippen MR) is 97.4 cm³/mol. The molecule has 1 aliphatic carbocycles. The summed E-state index contributed by atoms with van der Waals surface area (Å²) in [5.74, 6) is 2.17. The molecule has 0 radical (unpaired) electrons. The number of fused-ring (bicyclic) bond motifs is 3. The van der Waals surface area contributed by atoms with E-state index in [0.717, 1.165) is 28.9 Å². The summed E-state index contributed by atoms with van der Waals surface area (Å²) >= 11 is 3.41. The third kappa shape index (κ3) is 2.95. The summed E-state index contributed by atoms with van der Waals surface area (Å²) < 4.78 is 0. The van der Waals surface area contributed by atoms with E-state index in [1.807, 2.05) is 18.2 Å². The maximum atomic E-state index is 12.5. The van der Waals surface area contributed by atoms with E-state index >= 15 is 0 Å². The molecule has 0 amide bonds. The van der Waals surface area contributed by atoms with Crippen LogP contribution in [0.25, 0.3) is 10.2 Å². The molecule has 1 aliphatic rings. The number of rotatable bonds is 3. The van der Waals surface area contributed by atoms with Crippen LogP contribution in [0.2, 0.25) is 0 Å². The number of thioether (sulfide) groups is 1. The average Bonchev–Trinajstić information content (AvgIpc) is 2.91. The average molecular weight is 342 g/mol. The van der Waals surface area contributed by atoms with E-state index in [9.17, 15) is 4.79 Å². The zero-order valence-corrected chi connectivity index (χ0v) is 14.6. The lowest BCUT2D eigenvalue weighted by molar-refractivity contribution is 0.509. The number of hydrogen-bond donors (Lipinski definition) is 1. The molecule has 0 spiro atoms. The monoisotopic (exact) mass is 342 g/mol. The van der Waals surface area contributed by atoms with Crippen LogP contribution in [-0.4, -0.2) is 9.97 Å². The Kier molecular flexibility index (Phi) is 3.99. The van der Waals surface area contributed by atoms with Gasteiger partial charge in [-0.1, -0.05) is 25.1 Å². The lowest BCUT2D eigenvalue weighted by atomic mass is 9.89. The Hall–Kier alpha value is -1.59. The van der Waals surface area contributed by atoms with Crippen LogP contribution < -0.4 is 5.56 Å². The summed E-state index contributed by atoms with van der Waals surface area (Å²) in [7, 11) is 0. The van der Waals surface area contributed by atoms with Crippen molar-refractivity contribution in [2.24, 2.45) is 5.92 Å². The summed E-state index contributed by atoms with van der Waals surface area (Å²) in [6.45, 7) is 2.28. The van der Waals surface area contributed by atoms with Gasteiger partial charge in [-0.05, 0) is 42.9 Å². The molecule has 5 heteroatoms. The number of benzene rings is 1. The molecular weight excluding hydrogens is 324 g/mol. The van der Waals surface area contributed by atoms with Gasteiger partial charge in [-0.3, -0.25) is 4.79 Å². The van der Waals surface area contributed by atoms with Crippen LogP contribution >= 0.6 is 23.1 Å². The number of hydrogen-bond acceptors (Lipinski definition) is 4. The first kappa shape index (κ1) is 15.0. The minimum absolute atomic E-state index is 0.0331. The largest absolute Gasteiger partial charge is 0.309 e. The summed E-state index contributed by atoms with van der Waals surface area (Å²) in [6, 6.07) is 10.2. The summed E-state index contributed by atoms with van der Waals surface area (Å²) in [5, 5.41) is 0.838. The second-order valence-corrected chi connectivity index (χ2v) is 8.28. The van der Waals surface area contributed by atoms with Crippen LogP contribution in [0.3, 0.4) is 0 Å². The van der Waals surface area contributed by atoms with Crippen molar-refractivity contribution in [1.29, 1.82) is 0 Å². The fraction of sp³-hybridized carbons (Fsp3) is 0.333. The number of thiophene rings is 1. The van der Waals surface area contributed by atoms with Gasteiger partial charge in [0.25, 0.3) is 5.56 Å². The van der Waals surface area contributed by atoms with Crippen LogP contribution in [0.4, 0.5) is 0 Å². The molecule has 1 atom stereocenters. The molecule has 2 aromatic heterocycles. The molecule has 1 aromatic carbocycles. The molecule has 3 aromatic rings. The van der Waals surface area contributed by atoms with Crippen molar-refractivity contribution in [2.75, 3.05) is 0 Å². The number of H-pyrrole nitrogens is 1. The number of aromatic nitrogens is 2. The molecule has 3 nitrogen and oxygen atoms in total. The highest BCUT2D eigenvalue weighted by Gasteiger charge is 2.22. The Morgan fingerprint density at radius 2 is 2.17 bits per heavy atom. The molecule has 0 unspecified atom stereocenters. The first-order valence-corrected chi connectivity index (χ1v) is 9.72. The normalized spacial score (nSPS) is 17.3. The van der Waals surface area contributed by atoms with Crippen LogP contribution in [0, 0.1) is 5.92 Å². The van der Waals surface area contributed by atoms with Crippen molar-refractivity contribution in [1.82, 2.24) is 9.97 Å². The van der Waals surface area contributed by atoms with Gasteiger partial charge >= 0.3 is 0 Å². The molecule has 2 heterocycles. The second kappa shape index (κ2) is 6.13. The van der Waals surface area contributed by atoms with Gasteiger partial charge in [0, 0.05) is 9.77 Å². The number of aryl methyl sites for hydroxylation is 1. The van der Waals surface area contributed by atoms with Crippen molar-refractivity contribution in [3.8, 4) is 0 Å². The van der Waals surface area contributed by atoms with E-state index in [4.69, 9.17) is 4.98 Å². The molecule has 0 aliphatic heterocycles. The standard InChI is InChI=1S/C18H18N2OS2/c1-11-7-8-13-14(9-11)23-18-16(13)17(21)19-15(20-18)10-22-12-5-3-2-4-6-12/h2-6,11H,7-10H2,1H3,(H,19,20,21)/t11-/m0/s1. The zero-order valence-electron chi connectivity index (χ0n) is 13.0. The fourth-order valence-electron chi connectivity index (χ4n) is 3.13. The molecule has 1 N–H and O–H groups in total. The topological polar surface area (TPSA) is 45.8 Å². The Labute approximate surface area is 143 Å². The third-order valence-corrected chi connectivity index (χ3v) is 6.50. The quantitative estimate of drug-likeness (QED) is 0.718. The lowest BCUT2D eigenvalue weighted by Crippen LogP contribution is -2.14. The third-order valence-electron chi connectivity index (χ3n) is 4.33. The molecule has 0 saturated carbocycles. The minimum atomic E-state index is 0.0331. The Bertz CT molecular complexity index is 899. The lowest BCUT2D eigenvalue weighted by Gasteiger charge is -2.17. The van der Waals surface area contributed by atoms with Crippen molar-refractivity contribution in [3.05, 3.63) is 57.0 Å². The molecular formula is C18H18N2OS2. The maximum absolute atomic E-state index is 12.5. The highest BCUT2D eigenvalue weighted by Crippen LogP contribution is 2.35. The van der Waals surface area contributed by atoms with Crippen molar-refractivity contribution < 1.29 is 0 Å². The summed E-state index contributed by atoms with van der Waals surface area (Å²) in [4.78, 5) is 23.7. The van der Waals surface area contributed by atoms with Gasteiger partial charge in [-0.15, -0.1) is 23.1 Å². The maximum Gasteiger partial charge on any atom is 0.259 e. The Balaban J connectivity index is 1.66. The fourth-order valence-corrected chi connectivity index (χ4v) is 5.32. The summed E-state index contributed by atoms with van der Waals surface area (Å²) in [5.41, 5.74) is 1.28. The zero-order chi connectivity index (χ0) is 15.8. The van der Waals surface area contributed by atoms with Crippen molar-refractivity contribution >= 4 is 33.3 Å². The molecule has 118 valence electrons. The Morgan fingerprint density at radius 1 is 1.35 bits per heavy atom. The van der Waals surface area contributed by atoms with Gasteiger partial charge in [0.15, 0.2) is 0 Å². The second-order valence-electron chi connectivity index (χ2n) is 6.15. The first-order valence-electron chi connectivity index (χ1n) is 7.92. The van der Waals surface area contributed by atoms with Gasteiger partial charge in [0.05, 0.1) is 11.1 Å². The van der Waals surface area contributed by atoms with E-state index in [0.29, 0.717) is 11.7 Å². The number of nitrogens with zero attached hydrogens (tertiary/aromatic N) is 1. The van der Waals surface area contributed by atoms with Crippen LogP contribution in [0.1, 0.15) is 29.6 Å². The first-order chi connectivity index (χ1) is 11.2. The van der Waals surface area contributed by atoms with Gasteiger partial charge in [-0.25, -0.2) is 4.98 Å². The van der Waals surface area contributed by atoms with E-state index in [-0.39, 0.29) is 5.56 Å². The number of aromatic amines is 1. The van der Waals surface area contributed by atoms with Crippen LogP contribution in [0.5, 0.6) is 0 Å². The van der Waals surface area contributed by atoms with Crippen molar-refractivity contribution in [2.45, 2.75) is 36.8 Å².